The second-order valence-corrected chi connectivity index (χ2v) is 6.63. The number of benzene rings is 2. The van der Waals surface area contributed by atoms with E-state index < -0.39 is 0 Å². The van der Waals surface area contributed by atoms with Gasteiger partial charge in [-0.1, -0.05) is 29.3 Å². The largest absolute Gasteiger partial charge is 0.351 e. The van der Waals surface area contributed by atoms with Gasteiger partial charge < -0.3 is 15.5 Å². The van der Waals surface area contributed by atoms with Gasteiger partial charge in [-0.05, 0) is 50.5 Å². The minimum absolute atomic E-state index is 0.191. The van der Waals surface area contributed by atoms with E-state index in [0.29, 0.717) is 33.4 Å². The highest BCUT2D eigenvalue weighted by atomic mass is 35.5. The second-order valence-electron chi connectivity index (χ2n) is 5.75. The summed E-state index contributed by atoms with van der Waals surface area (Å²) in [7, 11) is 3.87. The predicted octanol–water partition coefficient (Wildman–Crippen LogP) is 3.54. The predicted molar refractivity (Wildman–Crippen MR) is 102 cm³/mol. The van der Waals surface area contributed by atoms with E-state index in [2.05, 4.69) is 10.6 Å². The summed E-state index contributed by atoms with van der Waals surface area (Å²) in [5.74, 6) is -0.543. The van der Waals surface area contributed by atoms with Crippen molar-refractivity contribution in [3.05, 3.63) is 63.6 Å². The maximum atomic E-state index is 12.3. The first-order valence-electron chi connectivity index (χ1n) is 7.65. The first-order chi connectivity index (χ1) is 11.8. The SMILES string of the molecule is CN(C)CCNC(=O)c1cccc(NC(=O)c2cc(Cl)cc(Cl)c2)c1. The minimum Gasteiger partial charge on any atom is -0.351 e. The molecule has 0 fully saturated rings. The van der Waals surface area contributed by atoms with E-state index in [1.165, 1.54) is 12.1 Å². The Kier molecular flexibility index (Phi) is 6.82. The van der Waals surface area contributed by atoms with E-state index in [0.717, 1.165) is 6.54 Å². The van der Waals surface area contributed by atoms with Crippen LogP contribution in [0.4, 0.5) is 5.69 Å². The van der Waals surface area contributed by atoms with Crippen LogP contribution in [0, 0.1) is 0 Å². The van der Waals surface area contributed by atoms with E-state index in [4.69, 9.17) is 23.2 Å². The molecule has 0 unspecified atom stereocenters. The Morgan fingerprint density at radius 3 is 2.28 bits per heavy atom. The van der Waals surface area contributed by atoms with Gasteiger partial charge in [0.15, 0.2) is 0 Å². The van der Waals surface area contributed by atoms with Crippen molar-refractivity contribution in [2.45, 2.75) is 0 Å². The van der Waals surface area contributed by atoms with Gasteiger partial charge in [0.05, 0.1) is 0 Å². The summed E-state index contributed by atoms with van der Waals surface area (Å²) < 4.78 is 0. The lowest BCUT2D eigenvalue weighted by molar-refractivity contribution is 0.0949. The lowest BCUT2D eigenvalue weighted by atomic mass is 10.1. The van der Waals surface area contributed by atoms with E-state index in [-0.39, 0.29) is 11.8 Å². The molecule has 2 N–H and O–H groups in total. The van der Waals surface area contributed by atoms with Gasteiger partial charge in [0, 0.05) is 39.9 Å². The molecule has 0 bridgehead atoms. The maximum Gasteiger partial charge on any atom is 0.255 e. The Morgan fingerprint density at radius 1 is 0.960 bits per heavy atom. The van der Waals surface area contributed by atoms with Gasteiger partial charge in [-0.2, -0.15) is 0 Å². The molecule has 0 saturated heterocycles. The van der Waals surface area contributed by atoms with Crippen LogP contribution in [0.5, 0.6) is 0 Å². The highest BCUT2D eigenvalue weighted by Crippen LogP contribution is 2.20. The van der Waals surface area contributed by atoms with Gasteiger partial charge in [-0.25, -0.2) is 0 Å². The highest BCUT2D eigenvalue weighted by molar-refractivity contribution is 6.35. The molecule has 132 valence electrons. The number of carbonyl (C=O) groups excluding carboxylic acids is 2. The number of anilines is 1. The van der Waals surface area contributed by atoms with E-state index >= 15 is 0 Å². The quantitative estimate of drug-likeness (QED) is 0.806. The number of nitrogens with zero attached hydrogens (tertiary/aromatic N) is 1. The number of halogens is 2. The molecule has 2 rings (SSSR count). The highest BCUT2D eigenvalue weighted by Gasteiger charge is 2.10. The first-order valence-corrected chi connectivity index (χ1v) is 8.41. The smallest absolute Gasteiger partial charge is 0.255 e. The molecule has 0 radical (unpaired) electrons. The van der Waals surface area contributed by atoms with Crippen LogP contribution in [0.1, 0.15) is 20.7 Å². The van der Waals surface area contributed by atoms with Crippen LogP contribution >= 0.6 is 23.2 Å². The van der Waals surface area contributed by atoms with Crippen LogP contribution in [-0.4, -0.2) is 43.9 Å². The molecule has 0 aromatic heterocycles. The third-order valence-electron chi connectivity index (χ3n) is 3.35. The van der Waals surface area contributed by atoms with Gasteiger partial charge in [0.25, 0.3) is 11.8 Å². The number of rotatable bonds is 6. The zero-order chi connectivity index (χ0) is 18.4. The Labute approximate surface area is 156 Å². The summed E-state index contributed by atoms with van der Waals surface area (Å²) in [6.07, 6.45) is 0. The number of carbonyl (C=O) groups is 2. The van der Waals surface area contributed by atoms with E-state index in [1.807, 2.05) is 19.0 Å². The van der Waals surface area contributed by atoms with Crippen LogP contribution in [0.15, 0.2) is 42.5 Å². The van der Waals surface area contributed by atoms with Gasteiger partial charge in [-0.3, -0.25) is 9.59 Å². The van der Waals surface area contributed by atoms with Crippen LogP contribution in [0.2, 0.25) is 10.0 Å². The Balaban J connectivity index is 2.05. The van der Waals surface area contributed by atoms with Crippen LogP contribution in [0.25, 0.3) is 0 Å². The summed E-state index contributed by atoms with van der Waals surface area (Å²) in [6, 6.07) is 11.3. The standard InChI is InChI=1S/C18H19Cl2N3O2/c1-23(2)7-6-21-17(24)12-4-3-5-16(10-12)22-18(25)13-8-14(19)11-15(20)9-13/h3-5,8-11H,6-7H2,1-2H3,(H,21,24)(H,22,25). The number of nitrogens with one attached hydrogen (secondary N) is 2. The molecule has 5 nitrogen and oxygen atoms in total. The van der Waals surface area contributed by atoms with Crippen LogP contribution < -0.4 is 10.6 Å². The van der Waals surface area contributed by atoms with Crippen molar-refractivity contribution >= 4 is 40.7 Å². The Hall–Kier alpha value is -2.08. The lowest BCUT2D eigenvalue weighted by Gasteiger charge is -2.11. The zero-order valence-electron chi connectivity index (χ0n) is 14.0. The van der Waals surface area contributed by atoms with Crippen molar-refractivity contribution in [1.82, 2.24) is 10.2 Å². The van der Waals surface area contributed by atoms with Gasteiger partial charge in [0.1, 0.15) is 0 Å². The molecule has 0 aliphatic rings. The monoisotopic (exact) mass is 379 g/mol. The molecule has 7 heteroatoms. The number of hydrogen-bond acceptors (Lipinski definition) is 3. The Morgan fingerprint density at radius 2 is 1.64 bits per heavy atom. The summed E-state index contributed by atoms with van der Waals surface area (Å²) in [6.45, 7) is 1.29. The second kappa shape index (κ2) is 8.85. The van der Waals surface area contributed by atoms with Crippen LogP contribution in [-0.2, 0) is 0 Å². The first kappa shape index (κ1) is 19.2. The van der Waals surface area contributed by atoms with Crippen molar-refractivity contribution in [3.63, 3.8) is 0 Å². The molecular formula is C18H19Cl2N3O2. The van der Waals surface area contributed by atoms with Crippen molar-refractivity contribution in [3.8, 4) is 0 Å². The molecule has 0 aliphatic carbocycles. The molecule has 2 aromatic rings. The van der Waals surface area contributed by atoms with Gasteiger partial charge >= 0.3 is 0 Å². The molecule has 2 amide bonds. The molecule has 0 atom stereocenters. The normalized spacial score (nSPS) is 10.6. The topological polar surface area (TPSA) is 61.4 Å². The summed E-state index contributed by atoms with van der Waals surface area (Å²) in [4.78, 5) is 26.4. The average molecular weight is 380 g/mol. The maximum absolute atomic E-state index is 12.3. The molecule has 0 aliphatic heterocycles. The van der Waals surface area contributed by atoms with Crippen molar-refractivity contribution in [2.24, 2.45) is 0 Å². The van der Waals surface area contributed by atoms with Crippen molar-refractivity contribution in [2.75, 3.05) is 32.5 Å². The zero-order valence-corrected chi connectivity index (χ0v) is 15.5. The third kappa shape index (κ3) is 6.05. The van der Waals surface area contributed by atoms with Crippen LogP contribution in [0.3, 0.4) is 0 Å². The fourth-order valence-electron chi connectivity index (χ4n) is 2.12. The fourth-order valence-corrected chi connectivity index (χ4v) is 2.65. The minimum atomic E-state index is -0.352. The van der Waals surface area contributed by atoms with E-state index in [9.17, 15) is 9.59 Å². The molecule has 25 heavy (non-hydrogen) atoms. The fraction of sp³-hybridized carbons (Fsp3) is 0.222. The average Bonchev–Trinajstić information content (AvgIpc) is 2.53. The Bertz CT molecular complexity index is 758. The molecule has 2 aromatic carbocycles. The van der Waals surface area contributed by atoms with E-state index in [1.54, 1.807) is 30.3 Å². The van der Waals surface area contributed by atoms with Gasteiger partial charge in [-0.15, -0.1) is 0 Å². The number of hydrogen-bond donors (Lipinski definition) is 2. The lowest BCUT2D eigenvalue weighted by Crippen LogP contribution is -2.31. The van der Waals surface area contributed by atoms with Crippen molar-refractivity contribution < 1.29 is 9.59 Å². The number of likely N-dealkylation sites (N-methyl/N-ethyl adjacent to an activating group) is 1. The molecule has 0 spiro atoms. The third-order valence-corrected chi connectivity index (χ3v) is 3.79. The number of amides is 2. The summed E-state index contributed by atoms with van der Waals surface area (Å²) in [5, 5.41) is 6.33. The molecular weight excluding hydrogens is 361 g/mol. The summed E-state index contributed by atoms with van der Waals surface area (Å²) in [5.41, 5.74) is 1.33. The summed E-state index contributed by atoms with van der Waals surface area (Å²) >= 11 is 11.8. The molecule has 0 heterocycles. The van der Waals surface area contributed by atoms with Crippen molar-refractivity contribution in [1.29, 1.82) is 0 Å². The molecule has 0 saturated carbocycles. The van der Waals surface area contributed by atoms with Gasteiger partial charge in [0.2, 0.25) is 0 Å².